The lowest BCUT2D eigenvalue weighted by molar-refractivity contribution is -0.127. The summed E-state index contributed by atoms with van der Waals surface area (Å²) in [5.41, 5.74) is 0. The molecule has 0 atom stereocenters. The minimum atomic E-state index is -4.13. The molecule has 0 bridgehead atoms. The molecule has 0 aromatic carbocycles. The van der Waals surface area contributed by atoms with Crippen molar-refractivity contribution in [1.82, 2.24) is 4.98 Å². The average molecular weight is 167 g/mol. The van der Waals surface area contributed by atoms with E-state index in [2.05, 4.69) is 4.98 Å². The first-order chi connectivity index (χ1) is 4.58. The van der Waals surface area contributed by atoms with Gasteiger partial charge >= 0.3 is 6.18 Å². The first-order valence-electron chi connectivity index (χ1n) is 2.53. The van der Waals surface area contributed by atoms with Crippen LogP contribution in [0, 0.1) is 0 Å². The minimum Gasteiger partial charge on any atom is -0.249 e. The normalized spacial score (nSPS) is 11.9. The maximum Gasteiger partial charge on any atom is 0.395 e. The predicted molar refractivity (Wildman–Crippen MR) is 31.9 cm³/mol. The SMILES string of the molecule is FC(F)(F)Cc1nccs1. The molecule has 1 nitrogen and oxygen atoms in total. The van der Waals surface area contributed by atoms with E-state index in [9.17, 15) is 13.2 Å². The molecule has 5 heteroatoms. The summed E-state index contributed by atoms with van der Waals surface area (Å²) in [5.74, 6) is 0. The van der Waals surface area contributed by atoms with E-state index in [1.165, 1.54) is 11.6 Å². The third-order valence-electron chi connectivity index (χ3n) is 0.835. The van der Waals surface area contributed by atoms with Gasteiger partial charge in [0.2, 0.25) is 0 Å². The third-order valence-corrected chi connectivity index (χ3v) is 1.61. The number of nitrogens with zero attached hydrogens (tertiary/aromatic N) is 1. The monoisotopic (exact) mass is 167 g/mol. The quantitative estimate of drug-likeness (QED) is 0.625. The van der Waals surface area contributed by atoms with Crippen LogP contribution in [-0.2, 0) is 6.42 Å². The molecule has 0 saturated carbocycles. The maximum atomic E-state index is 11.6. The van der Waals surface area contributed by atoms with E-state index in [0.29, 0.717) is 0 Å². The second-order valence-corrected chi connectivity index (χ2v) is 2.70. The number of thiazole rings is 1. The highest BCUT2D eigenvalue weighted by molar-refractivity contribution is 7.09. The molecule has 0 radical (unpaired) electrons. The van der Waals surface area contributed by atoms with E-state index in [-0.39, 0.29) is 5.01 Å². The second-order valence-electron chi connectivity index (χ2n) is 1.72. The van der Waals surface area contributed by atoms with E-state index in [4.69, 9.17) is 0 Å². The Morgan fingerprint density at radius 1 is 1.50 bits per heavy atom. The Labute approximate surface area is 59.5 Å². The Hall–Kier alpha value is -0.580. The number of hydrogen-bond acceptors (Lipinski definition) is 2. The van der Waals surface area contributed by atoms with E-state index < -0.39 is 12.6 Å². The molecular formula is C5H4F3NS. The fraction of sp³-hybridized carbons (Fsp3) is 0.400. The minimum absolute atomic E-state index is 0.118. The summed E-state index contributed by atoms with van der Waals surface area (Å²) in [4.78, 5) is 3.50. The van der Waals surface area contributed by atoms with Crippen LogP contribution >= 0.6 is 11.3 Å². The van der Waals surface area contributed by atoms with Gasteiger partial charge in [-0.3, -0.25) is 0 Å². The summed E-state index contributed by atoms with van der Waals surface area (Å²) in [5, 5.41) is 1.65. The van der Waals surface area contributed by atoms with Crippen LogP contribution in [0.25, 0.3) is 0 Å². The predicted octanol–water partition coefficient (Wildman–Crippen LogP) is 2.25. The Morgan fingerprint density at radius 2 is 2.20 bits per heavy atom. The standard InChI is InChI=1S/C5H4F3NS/c6-5(7,8)3-4-9-1-2-10-4/h1-2H,3H2. The Morgan fingerprint density at radius 3 is 2.60 bits per heavy atom. The van der Waals surface area contributed by atoms with Crippen molar-refractivity contribution in [3.63, 3.8) is 0 Å². The second kappa shape index (κ2) is 2.57. The van der Waals surface area contributed by atoms with Crippen LogP contribution in [0.1, 0.15) is 5.01 Å². The lowest BCUT2D eigenvalue weighted by atomic mass is 10.4. The molecule has 0 fully saturated rings. The van der Waals surface area contributed by atoms with Crippen molar-refractivity contribution in [2.75, 3.05) is 0 Å². The molecule has 10 heavy (non-hydrogen) atoms. The number of hydrogen-bond donors (Lipinski definition) is 0. The highest BCUT2D eigenvalue weighted by Crippen LogP contribution is 2.21. The Balaban J connectivity index is 2.57. The molecule has 1 heterocycles. The zero-order valence-corrected chi connectivity index (χ0v) is 5.67. The zero-order chi connectivity index (χ0) is 7.61. The lowest BCUT2D eigenvalue weighted by Crippen LogP contribution is -2.10. The molecule has 1 aromatic rings. The van der Waals surface area contributed by atoms with Gasteiger partial charge in [0.1, 0.15) is 5.01 Å². The number of rotatable bonds is 1. The van der Waals surface area contributed by atoms with E-state index in [1.807, 2.05) is 0 Å². The van der Waals surface area contributed by atoms with Gasteiger partial charge in [-0.15, -0.1) is 11.3 Å². The van der Waals surface area contributed by atoms with Crippen molar-refractivity contribution in [3.05, 3.63) is 16.6 Å². The summed E-state index contributed by atoms with van der Waals surface area (Å²) in [6, 6.07) is 0. The van der Waals surface area contributed by atoms with Crippen molar-refractivity contribution >= 4 is 11.3 Å². The number of aromatic nitrogens is 1. The van der Waals surface area contributed by atoms with Crippen molar-refractivity contribution < 1.29 is 13.2 Å². The molecule has 0 spiro atoms. The summed E-state index contributed by atoms with van der Waals surface area (Å²) >= 11 is 1.02. The van der Waals surface area contributed by atoms with Crippen LogP contribution in [0.4, 0.5) is 13.2 Å². The van der Waals surface area contributed by atoms with E-state index in [1.54, 1.807) is 0 Å². The zero-order valence-electron chi connectivity index (χ0n) is 4.85. The van der Waals surface area contributed by atoms with Gasteiger partial charge in [0.15, 0.2) is 0 Å². The Kier molecular flexibility index (Phi) is 1.94. The van der Waals surface area contributed by atoms with Crippen LogP contribution in [0.3, 0.4) is 0 Å². The smallest absolute Gasteiger partial charge is 0.249 e. The fourth-order valence-electron chi connectivity index (χ4n) is 0.512. The van der Waals surface area contributed by atoms with Gasteiger partial charge in [-0.1, -0.05) is 0 Å². The molecule has 0 aliphatic carbocycles. The van der Waals surface area contributed by atoms with Crippen LogP contribution in [0.15, 0.2) is 11.6 Å². The van der Waals surface area contributed by atoms with Gasteiger partial charge in [0.25, 0.3) is 0 Å². The lowest BCUT2D eigenvalue weighted by Gasteiger charge is -2.00. The molecule has 1 rings (SSSR count). The van der Waals surface area contributed by atoms with E-state index in [0.717, 1.165) is 11.3 Å². The van der Waals surface area contributed by atoms with Crippen molar-refractivity contribution in [2.45, 2.75) is 12.6 Å². The van der Waals surface area contributed by atoms with Crippen molar-refractivity contribution in [1.29, 1.82) is 0 Å². The summed E-state index contributed by atoms with van der Waals surface area (Å²) in [6.45, 7) is 0. The Bertz CT molecular complexity index is 191. The third kappa shape index (κ3) is 2.34. The summed E-state index contributed by atoms with van der Waals surface area (Å²) < 4.78 is 34.8. The molecule has 56 valence electrons. The molecule has 0 N–H and O–H groups in total. The highest BCUT2D eigenvalue weighted by atomic mass is 32.1. The molecule has 0 unspecified atom stereocenters. The molecular weight excluding hydrogens is 163 g/mol. The van der Waals surface area contributed by atoms with Crippen LogP contribution in [0.2, 0.25) is 0 Å². The first kappa shape index (κ1) is 7.53. The largest absolute Gasteiger partial charge is 0.395 e. The average Bonchev–Trinajstić information content (AvgIpc) is 2.12. The topological polar surface area (TPSA) is 12.9 Å². The first-order valence-corrected chi connectivity index (χ1v) is 3.41. The molecule has 0 amide bonds. The summed E-state index contributed by atoms with van der Waals surface area (Å²) in [7, 11) is 0. The van der Waals surface area contributed by atoms with Crippen LogP contribution in [-0.4, -0.2) is 11.2 Å². The molecule has 0 saturated heterocycles. The molecule has 0 aliphatic heterocycles. The van der Waals surface area contributed by atoms with Crippen molar-refractivity contribution in [3.8, 4) is 0 Å². The number of alkyl halides is 3. The number of halogens is 3. The molecule has 0 aliphatic rings. The maximum absolute atomic E-state index is 11.6. The van der Waals surface area contributed by atoms with Gasteiger partial charge in [-0.05, 0) is 0 Å². The van der Waals surface area contributed by atoms with Gasteiger partial charge in [-0.25, -0.2) is 4.98 Å². The molecule has 1 aromatic heterocycles. The van der Waals surface area contributed by atoms with Gasteiger partial charge in [-0.2, -0.15) is 13.2 Å². The van der Waals surface area contributed by atoms with Gasteiger partial charge in [0.05, 0.1) is 6.42 Å². The van der Waals surface area contributed by atoms with Crippen molar-refractivity contribution in [2.24, 2.45) is 0 Å². The van der Waals surface area contributed by atoms with Gasteiger partial charge in [0, 0.05) is 11.6 Å². The highest BCUT2D eigenvalue weighted by Gasteiger charge is 2.28. The van der Waals surface area contributed by atoms with E-state index >= 15 is 0 Å². The van der Waals surface area contributed by atoms with Gasteiger partial charge < -0.3 is 0 Å². The van der Waals surface area contributed by atoms with Crippen LogP contribution < -0.4 is 0 Å². The fourth-order valence-corrected chi connectivity index (χ4v) is 1.16. The van der Waals surface area contributed by atoms with Crippen LogP contribution in [0.5, 0.6) is 0 Å². The summed E-state index contributed by atoms with van der Waals surface area (Å²) in [6.07, 6.45) is -3.67.